The van der Waals surface area contributed by atoms with Crippen molar-refractivity contribution < 1.29 is 9.18 Å². The van der Waals surface area contributed by atoms with Crippen LogP contribution in [0.2, 0.25) is 0 Å². The van der Waals surface area contributed by atoms with Gasteiger partial charge in [-0.15, -0.1) is 0 Å². The van der Waals surface area contributed by atoms with Crippen LogP contribution < -0.4 is 5.73 Å². The van der Waals surface area contributed by atoms with E-state index in [-0.39, 0.29) is 11.7 Å². The van der Waals surface area contributed by atoms with E-state index >= 15 is 0 Å². The molecule has 1 amide bonds. The minimum absolute atomic E-state index is 0.0469. The Hall–Kier alpha value is -2.23. The van der Waals surface area contributed by atoms with Crippen LogP contribution in [0.5, 0.6) is 0 Å². The summed E-state index contributed by atoms with van der Waals surface area (Å²) in [6.45, 7) is 0. The average molecular weight is 256 g/mol. The molecule has 4 heteroatoms. The first-order valence-corrected chi connectivity index (χ1v) is 6.20. The highest BCUT2D eigenvalue weighted by Gasteiger charge is 2.29. The van der Waals surface area contributed by atoms with Crippen LogP contribution >= 0.6 is 0 Å². The Kier molecular flexibility index (Phi) is 2.78. The van der Waals surface area contributed by atoms with Crippen molar-refractivity contribution in [1.82, 2.24) is 4.98 Å². The molecule has 96 valence electrons. The predicted molar refractivity (Wildman–Crippen MR) is 69.3 cm³/mol. The number of primary amides is 1. The molecule has 1 heterocycles. The van der Waals surface area contributed by atoms with Gasteiger partial charge in [-0.05, 0) is 42.2 Å². The van der Waals surface area contributed by atoms with Crippen molar-refractivity contribution in [3.05, 3.63) is 64.7 Å². The number of carbonyl (C=O) groups excluding carboxylic acids is 1. The van der Waals surface area contributed by atoms with Crippen LogP contribution in [0.3, 0.4) is 0 Å². The minimum Gasteiger partial charge on any atom is -0.366 e. The number of nitrogens with zero attached hydrogens (tertiary/aromatic N) is 1. The molecule has 1 aliphatic carbocycles. The number of rotatable bonds is 2. The van der Waals surface area contributed by atoms with Gasteiger partial charge in [0, 0.05) is 12.1 Å². The summed E-state index contributed by atoms with van der Waals surface area (Å²) in [5.41, 5.74) is 8.10. The van der Waals surface area contributed by atoms with Gasteiger partial charge in [-0.2, -0.15) is 0 Å². The molecule has 3 rings (SSSR count). The van der Waals surface area contributed by atoms with E-state index < -0.39 is 5.91 Å². The maximum absolute atomic E-state index is 13.7. The first kappa shape index (κ1) is 11.8. The highest BCUT2D eigenvalue weighted by molar-refractivity contribution is 5.94. The molecule has 2 N–H and O–H groups in total. The number of hydrogen-bond acceptors (Lipinski definition) is 2. The van der Waals surface area contributed by atoms with Gasteiger partial charge in [-0.25, -0.2) is 4.39 Å². The molecule has 0 saturated heterocycles. The van der Waals surface area contributed by atoms with Crippen LogP contribution in [-0.4, -0.2) is 10.9 Å². The topological polar surface area (TPSA) is 56.0 Å². The number of nitrogens with two attached hydrogens (primary N) is 1. The van der Waals surface area contributed by atoms with E-state index in [9.17, 15) is 9.18 Å². The summed E-state index contributed by atoms with van der Waals surface area (Å²) in [6.07, 6.45) is 3.06. The smallest absolute Gasteiger partial charge is 0.250 e. The molecule has 0 spiro atoms. The standard InChI is InChI=1S/C15H13FN2O/c16-13-5-1-3-9-10(13)6-7-11(9)14-12(15(17)19)4-2-8-18-14/h1-5,8,11H,6-7H2,(H2,17,19)/t11-/m1/s1. The SMILES string of the molecule is NC(=O)c1cccnc1[C@@H]1CCc2c(F)cccc21. The zero-order valence-corrected chi connectivity index (χ0v) is 10.3. The highest BCUT2D eigenvalue weighted by Crippen LogP contribution is 2.39. The lowest BCUT2D eigenvalue weighted by molar-refractivity contribution is 0.0998. The van der Waals surface area contributed by atoms with Gasteiger partial charge in [0.25, 0.3) is 5.91 Å². The lowest BCUT2D eigenvalue weighted by Crippen LogP contribution is -2.16. The lowest BCUT2D eigenvalue weighted by Gasteiger charge is -2.13. The third-order valence-corrected chi connectivity index (χ3v) is 3.65. The Morgan fingerprint density at radius 1 is 1.32 bits per heavy atom. The Balaban J connectivity index is 2.12. The monoisotopic (exact) mass is 256 g/mol. The van der Waals surface area contributed by atoms with Gasteiger partial charge in [0.05, 0.1) is 11.3 Å². The Labute approximate surface area is 110 Å². The largest absolute Gasteiger partial charge is 0.366 e. The minimum atomic E-state index is -0.493. The Morgan fingerprint density at radius 3 is 2.95 bits per heavy atom. The molecular weight excluding hydrogens is 243 g/mol. The highest BCUT2D eigenvalue weighted by atomic mass is 19.1. The number of benzene rings is 1. The van der Waals surface area contributed by atoms with Gasteiger partial charge in [-0.1, -0.05) is 12.1 Å². The molecule has 2 aromatic rings. The quantitative estimate of drug-likeness (QED) is 0.897. The number of hydrogen-bond donors (Lipinski definition) is 1. The molecular formula is C15H13FN2O. The molecule has 1 aromatic carbocycles. The number of carbonyl (C=O) groups is 1. The van der Waals surface area contributed by atoms with Crippen LogP contribution in [0.25, 0.3) is 0 Å². The molecule has 1 atom stereocenters. The summed E-state index contributed by atoms with van der Waals surface area (Å²) in [5, 5.41) is 0. The summed E-state index contributed by atoms with van der Waals surface area (Å²) in [5.74, 6) is -0.723. The first-order valence-electron chi connectivity index (χ1n) is 6.20. The third kappa shape index (κ3) is 1.89. The zero-order chi connectivity index (χ0) is 13.4. The van der Waals surface area contributed by atoms with Gasteiger partial charge < -0.3 is 5.73 Å². The fourth-order valence-corrected chi connectivity index (χ4v) is 2.80. The summed E-state index contributed by atoms with van der Waals surface area (Å²) in [7, 11) is 0. The molecule has 0 saturated carbocycles. The number of pyridine rings is 1. The van der Waals surface area contributed by atoms with E-state index in [1.807, 2.05) is 6.07 Å². The number of fused-ring (bicyclic) bond motifs is 1. The van der Waals surface area contributed by atoms with E-state index in [4.69, 9.17) is 5.73 Å². The second kappa shape index (κ2) is 4.46. The normalized spacial score (nSPS) is 17.2. The summed E-state index contributed by atoms with van der Waals surface area (Å²) in [4.78, 5) is 15.8. The van der Waals surface area contributed by atoms with E-state index in [1.54, 1.807) is 24.4 Å². The van der Waals surface area contributed by atoms with Crippen LogP contribution in [0.1, 0.15) is 39.5 Å². The maximum atomic E-state index is 13.7. The predicted octanol–water partition coefficient (Wildman–Crippen LogP) is 2.40. The van der Waals surface area contributed by atoms with Crippen molar-refractivity contribution in [2.75, 3.05) is 0 Å². The first-order chi connectivity index (χ1) is 9.18. The number of aromatic nitrogens is 1. The van der Waals surface area contributed by atoms with Crippen molar-refractivity contribution in [2.24, 2.45) is 5.73 Å². The van der Waals surface area contributed by atoms with Crippen molar-refractivity contribution in [3.63, 3.8) is 0 Å². The molecule has 19 heavy (non-hydrogen) atoms. The van der Waals surface area contributed by atoms with Gasteiger partial charge in [0.15, 0.2) is 0 Å². The van der Waals surface area contributed by atoms with Gasteiger partial charge in [-0.3, -0.25) is 9.78 Å². The number of halogens is 1. The molecule has 3 nitrogen and oxygen atoms in total. The summed E-state index contributed by atoms with van der Waals surface area (Å²) in [6, 6.07) is 8.41. The zero-order valence-electron chi connectivity index (χ0n) is 10.3. The molecule has 0 radical (unpaired) electrons. The molecule has 0 aliphatic heterocycles. The van der Waals surface area contributed by atoms with Crippen LogP contribution in [0.4, 0.5) is 4.39 Å². The molecule has 0 bridgehead atoms. The molecule has 0 unspecified atom stereocenters. The van der Waals surface area contributed by atoms with Gasteiger partial charge >= 0.3 is 0 Å². The maximum Gasteiger partial charge on any atom is 0.250 e. The fourth-order valence-electron chi connectivity index (χ4n) is 2.80. The summed E-state index contributed by atoms with van der Waals surface area (Å²) >= 11 is 0. The van der Waals surface area contributed by atoms with E-state index in [0.29, 0.717) is 17.7 Å². The number of amides is 1. The van der Waals surface area contributed by atoms with E-state index in [2.05, 4.69) is 4.98 Å². The second-order valence-corrected chi connectivity index (χ2v) is 4.70. The van der Waals surface area contributed by atoms with Crippen molar-refractivity contribution in [3.8, 4) is 0 Å². The van der Waals surface area contributed by atoms with Crippen molar-refractivity contribution >= 4 is 5.91 Å². The third-order valence-electron chi connectivity index (χ3n) is 3.65. The van der Waals surface area contributed by atoms with E-state index in [0.717, 1.165) is 17.5 Å². The van der Waals surface area contributed by atoms with Crippen LogP contribution in [-0.2, 0) is 6.42 Å². The Bertz CT molecular complexity index is 654. The van der Waals surface area contributed by atoms with Gasteiger partial charge in [0.2, 0.25) is 0 Å². The van der Waals surface area contributed by atoms with E-state index in [1.165, 1.54) is 6.07 Å². The summed E-state index contributed by atoms with van der Waals surface area (Å²) < 4.78 is 13.7. The lowest BCUT2D eigenvalue weighted by atomic mass is 9.93. The molecule has 1 aromatic heterocycles. The second-order valence-electron chi connectivity index (χ2n) is 4.70. The molecule has 1 aliphatic rings. The van der Waals surface area contributed by atoms with Crippen LogP contribution in [0.15, 0.2) is 36.5 Å². The van der Waals surface area contributed by atoms with Crippen molar-refractivity contribution in [1.29, 1.82) is 0 Å². The van der Waals surface area contributed by atoms with Gasteiger partial charge in [0.1, 0.15) is 5.82 Å². The fraction of sp³-hybridized carbons (Fsp3) is 0.200. The average Bonchev–Trinajstić information content (AvgIpc) is 2.84. The molecule has 0 fully saturated rings. The van der Waals surface area contributed by atoms with Crippen molar-refractivity contribution in [2.45, 2.75) is 18.8 Å². The van der Waals surface area contributed by atoms with Crippen LogP contribution in [0, 0.1) is 5.82 Å². The Morgan fingerprint density at radius 2 is 2.16 bits per heavy atom.